The number of nitrogens with one attached hydrogen (secondary N) is 2. The molecular formula is C78H77BrF3N3O9. The van der Waals surface area contributed by atoms with E-state index < -0.39 is 0 Å². The van der Waals surface area contributed by atoms with Crippen molar-refractivity contribution in [1.29, 1.82) is 0 Å². The first-order valence-corrected chi connectivity index (χ1v) is 31.6. The van der Waals surface area contributed by atoms with Gasteiger partial charge in [0.15, 0.2) is 34.5 Å². The minimum Gasteiger partial charge on any atom is -0.497 e. The highest BCUT2D eigenvalue weighted by atomic mass is 79.9. The molecule has 94 heavy (non-hydrogen) atoms. The maximum Gasteiger partial charge on any atom is 0.161 e. The molecule has 0 radical (unpaired) electrons. The lowest BCUT2D eigenvalue weighted by Crippen LogP contribution is -2.28. The van der Waals surface area contributed by atoms with Crippen LogP contribution >= 0.6 is 15.9 Å². The van der Waals surface area contributed by atoms with Crippen LogP contribution in [0, 0.1) is 17.5 Å². The third kappa shape index (κ3) is 19.2. The predicted octanol–water partition coefficient (Wildman–Crippen LogP) is 17.1. The Bertz CT molecular complexity index is 3870. The van der Waals surface area contributed by atoms with E-state index in [0.29, 0.717) is 65.3 Å². The van der Waals surface area contributed by atoms with Crippen LogP contribution in [0.1, 0.15) is 78.8 Å². The molecule has 0 aliphatic carbocycles. The van der Waals surface area contributed by atoms with E-state index >= 15 is 0 Å². The first kappa shape index (κ1) is 68.6. The van der Waals surface area contributed by atoms with Gasteiger partial charge in [-0.1, -0.05) is 131 Å². The van der Waals surface area contributed by atoms with Gasteiger partial charge in [0, 0.05) is 60.7 Å². The quantitative estimate of drug-likeness (QED) is 0.0759. The minimum absolute atomic E-state index is 0.0395. The van der Waals surface area contributed by atoms with Gasteiger partial charge in [-0.05, 0) is 153 Å². The topological polar surface area (TPSA) is 119 Å². The number of ether oxygens (including phenoxy) is 9. The van der Waals surface area contributed by atoms with E-state index in [4.69, 9.17) is 42.6 Å². The molecule has 2 unspecified atom stereocenters. The highest BCUT2D eigenvalue weighted by Crippen LogP contribution is 2.39. The van der Waals surface area contributed by atoms with Crippen LogP contribution in [0.4, 0.5) is 13.2 Å². The summed E-state index contributed by atoms with van der Waals surface area (Å²) in [5.74, 6) is 5.02. The first-order chi connectivity index (χ1) is 46.0. The van der Waals surface area contributed by atoms with Crippen molar-refractivity contribution in [2.45, 2.75) is 51.2 Å². The molecule has 3 aliphatic rings. The van der Waals surface area contributed by atoms with Crippen LogP contribution in [0.5, 0.6) is 51.7 Å². The molecule has 12 nitrogen and oxygen atoms in total. The zero-order valence-corrected chi connectivity index (χ0v) is 55.1. The van der Waals surface area contributed by atoms with Crippen molar-refractivity contribution in [1.82, 2.24) is 10.6 Å². The number of aliphatic imine (C=N–C) groups is 1. The Balaban J connectivity index is 0.000000155. The molecule has 9 aromatic carbocycles. The maximum absolute atomic E-state index is 14.3. The second-order valence-electron chi connectivity index (χ2n) is 21.8. The normalized spacial score (nSPS) is 14.3. The second-order valence-corrected chi connectivity index (χ2v) is 22.3. The maximum atomic E-state index is 14.3. The average molecular weight is 1340 g/mol. The summed E-state index contributed by atoms with van der Waals surface area (Å²) in [5.41, 5.74) is 11.9. The highest BCUT2D eigenvalue weighted by molar-refractivity contribution is 9.11. The molecule has 0 aromatic heterocycles. The van der Waals surface area contributed by atoms with Gasteiger partial charge in [-0.25, -0.2) is 13.2 Å². The smallest absolute Gasteiger partial charge is 0.161 e. The van der Waals surface area contributed by atoms with Crippen LogP contribution in [0.2, 0.25) is 0 Å². The van der Waals surface area contributed by atoms with E-state index in [1.807, 2.05) is 115 Å². The van der Waals surface area contributed by atoms with Crippen molar-refractivity contribution in [3.05, 3.63) is 283 Å². The molecule has 3 heterocycles. The first-order valence-electron chi connectivity index (χ1n) is 30.7. The van der Waals surface area contributed by atoms with Gasteiger partial charge in [-0.15, -0.1) is 0 Å². The Kier molecular flexibility index (Phi) is 25.8. The average Bonchev–Trinajstić information content (AvgIpc) is 0.883. The number of rotatable bonds is 20. The van der Waals surface area contributed by atoms with Gasteiger partial charge in [-0.3, -0.25) is 4.99 Å². The summed E-state index contributed by atoms with van der Waals surface area (Å²) < 4.78 is 91.3. The van der Waals surface area contributed by atoms with Gasteiger partial charge in [0.1, 0.15) is 54.5 Å². The molecule has 486 valence electrons. The van der Waals surface area contributed by atoms with Crippen LogP contribution in [-0.4, -0.2) is 68.5 Å². The largest absolute Gasteiger partial charge is 0.497 e. The Labute approximate surface area is 557 Å². The van der Waals surface area contributed by atoms with Crippen molar-refractivity contribution >= 4 is 40.4 Å². The number of halogens is 4. The van der Waals surface area contributed by atoms with Gasteiger partial charge < -0.3 is 53.3 Å². The molecule has 0 saturated carbocycles. The van der Waals surface area contributed by atoms with E-state index in [-0.39, 0.29) is 29.5 Å². The van der Waals surface area contributed by atoms with Crippen molar-refractivity contribution in [3.8, 4) is 51.7 Å². The Morgan fingerprint density at radius 2 is 0.787 bits per heavy atom. The molecule has 0 bridgehead atoms. The minimum atomic E-state index is -0.311. The van der Waals surface area contributed by atoms with Crippen molar-refractivity contribution in [2.24, 2.45) is 4.99 Å². The predicted molar refractivity (Wildman–Crippen MR) is 371 cm³/mol. The molecule has 2 N–H and O–H groups in total. The molecule has 9 aromatic rings. The number of hydrogen-bond donors (Lipinski definition) is 2. The lowest BCUT2D eigenvalue weighted by atomic mass is 9.93. The summed E-state index contributed by atoms with van der Waals surface area (Å²) >= 11 is 3.08. The van der Waals surface area contributed by atoms with E-state index in [2.05, 4.69) is 61.9 Å². The highest BCUT2D eigenvalue weighted by Gasteiger charge is 2.24. The Morgan fingerprint density at radius 1 is 0.415 bits per heavy atom. The van der Waals surface area contributed by atoms with Crippen molar-refractivity contribution < 1.29 is 55.8 Å². The van der Waals surface area contributed by atoms with Crippen LogP contribution in [0.25, 0.3) is 18.2 Å². The summed E-state index contributed by atoms with van der Waals surface area (Å²) in [6.07, 6.45) is 13.8. The van der Waals surface area contributed by atoms with Crippen LogP contribution < -0.4 is 53.3 Å². The van der Waals surface area contributed by atoms with E-state index in [1.165, 1.54) is 56.2 Å². The van der Waals surface area contributed by atoms with Gasteiger partial charge in [0.05, 0.1) is 54.7 Å². The number of benzene rings is 9. The van der Waals surface area contributed by atoms with Crippen molar-refractivity contribution in [2.75, 3.05) is 62.3 Å². The monoisotopic (exact) mass is 1340 g/mol. The molecular weight excluding hydrogens is 1260 g/mol. The molecule has 12 rings (SSSR count). The lowest BCUT2D eigenvalue weighted by Gasteiger charge is -2.26. The standard InChI is InChI=1S/2C26H26FNO3.C17H17NO2.C9H8BrFO/c2*1-29-21-10-8-19(23(27)15-21)9-11-24-22-16-25(30-2)26(14-20(22)12-13-28-24)31-17-18-6-4-3-5-7-18;1-19-16-10-15-11-18-8-7-14(15)9-17(16)20-12-13-5-3-2-4-6-13;1-12-8-3-2-7(4-5-10)9(11)6-8/h2*3-11,14-16,24,28H,12-13,17H2,1-2H3;2-6,9-11H,7-8,12H2,1H3;2-6H,1H3/b2*11-9+;;5-4+. The summed E-state index contributed by atoms with van der Waals surface area (Å²) in [7, 11) is 9.51. The van der Waals surface area contributed by atoms with E-state index in [1.54, 1.807) is 80.9 Å². The molecule has 0 amide bonds. The van der Waals surface area contributed by atoms with E-state index in [0.717, 1.165) is 95.3 Å². The molecule has 0 fully saturated rings. The van der Waals surface area contributed by atoms with E-state index in [9.17, 15) is 13.2 Å². The van der Waals surface area contributed by atoms with Gasteiger partial charge >= 0.3 is 0 Å². The fourth-order valence-electron chi connectivity index (χ4n) is 10.6. The van der Waals surface area contributed by atoms with Gasteiger partial charge in [-0.2, -0.15) is 0 Å². The third-order valence-corrected chi connectivity index (χ3v) is 16.0. The number of methoxy groups -OCH3 is 6. The molecule has 3 aliphatic heterocycles. The third-order valence-electron chi connectivity index (χ3n) is 15.7. The zero-order chi connectivity index (χ0) is 66.0. The van der Waals surface area contributed by atoms with Crippen LogP contribution in [-0.2, 0) is 39.1 Å². The van der Waals surface area contributed by atoms with Crippen LogP contribution in [0.15, 0.2) is 204 Å². The fourth-order valence-corrected chi connectivity index (χ4v) is 10.9. The SMILES string of the molecule is COc1cc2c(cc1OCc1ccccc1)CCN=C2.COc1ccc(/C=C/Br)c(F)c1.COc1ccc(/C=C/C2NCCc3cc(OCc4ccccc4)c(OC)cc32)c(F)c1.COc1ccc(/C=C/C2NCCc3cc(OCc4ccccc4)c(OC)cc32)c(F)c1. The Morgan fingerprint density at radius 3 is 1.15 bits per heavy atom. The summed E-state index contributed by atoms with van der Waals surface area (Å²) in [5, 5.41) is 6.97. The number of hydrogen-bond acceptors (Lipinski definition) is 12. The molecule has 16 heteroatoms. The summed E-state index contributed by atoms with van der Waals surface area (Å²) in [4.78, 5) is 5.90. The second kappa shape index (κ2) is 35.3. The fraction of sp³-hybridized carbons (Fsp3) is 0.218. The lowest BCUT2D eigenvalue weighted by molar-refractivity contribution is 0.283. The summed E-state index contributed by atoms with van der Waals surface area (Å²) in [6.45, 7) is 4.01. The molecule has 2 atom stereocenters. The Hall–Kier alpha value is -9.74. The van der Waals surface area contributed by atoms with Gasteiger partial charge in [0.25, 0.3) is 0 Å². The number of nitrogens with zero attached hydrogens (tertiary/aromatic N) is 1. The van der Waals surface area contributed by atoms with Crippen molar-refractivity contribution in [3.63, 3.8) is 0 Å². The van der Waals surface area contributed by atoms with Crippen LogP contribution in [0.3, 0.4) is 0 Å². The molecule has 0 spiro atoms. The van der Waals surface area contributed by atoms with Gasteiger partial charge in [0.2, 0.25) is 0 Å². The zero-order valence-electron chi connectivity index (χ0n) is 53.5. The number of fused-ring (bicyclic) bond motifs is 3. The molecule has 0 saturated heterocycles. The summed E-state index contributed by atoms with van der Waals surface area (Å²) in [6, 6.07) is 56.8.